The monoisotopic (exact) mass is 351 g/mol. The van der Waals surface area contributed by atoms with Crippen LogP contribution in [0.1, 0.15) is 123 Å². The van der Waals surface area contributed by atoms with Gasteiger partial charge in [0, 0.05) is 5.41 Å². The molecule has 3 nitrogen and oxygen atoms in total. The van der Waals surface area contributed by atoms with Gasteiger partial charge in [0.05, 0.1) is 5.69 Å². The first-order chi connectivity index (χ1) is 12.2. The van der Waals surface area contributed by atoms with Crippen LogP contribution in [0.15, 0.2) is 15.5 Å². The fourth-order valence-electron chi connectivity index (χ4n) is 3.96. The Kier molecular flexibility index (Phi) is 11.7. The number of aromatic amines is 1. The van der Waals surface area contributed by atoms with E-state index in [-0.39, 0.29) is 11.2 Å². The summed E-state index contributed by atoms with van der Waals surface area (Å²) in [4.78, 5) is 14.2. The standard InChI is InChI=1S/C22H41NO2/c1-4-7-8-9-10-11-12-13-14-15-16-17-18-22(5-2,6-3)20-19-25-21(24)23-20/h19H,4-18H2,1-3H3,(H,23,24). The zero-order valence-electron chi connectivity index (χ0n) is 17.0. The molecule has 1 N–H and O–H groups in total. The largest absolute Gasteiger partial charge is 0.416 e. The van der Waals surface area contributed by atoms with Crippen LogP contribution in [0.2, 0.25) is 0 Å². The molecule has 0 saturated heterocycles. The van der Waals surface area contributed by atoms with Gasteiger partial charge in [-0.2, -0.15) is 0 Å². The van der Waals surface area contributed by atoms with Gasteiger partial charge < -0.3 is 4.42 Å². The average Bonchev–Trinajstić information content (AvgIpc) is 3.06. The summed E-state index contributed by atoms with van der Waals surface area (Å²) < 4.78 is 4.98. The molecular formula is C22H41NO2. The lowest BCUT2D eigenvalue weighted by molar-refractivity contribution is 0.338. The minimum atomic E-state index is -0.323. The minimum Gasteiger partial charge on any atom is -0.416 e. The summed E-state index contributed by atoms with van der Waals surface area (Å²) in [6.07, 6.45) is 21.4. The van der Waals surface area contributed by atoms with Gasteiger partial charge in [0.25, 0.3) is 0 Å². The highest BCUT2D eigenvalue weighted by atomic mass is 16.4. The van der Waals surface area contributed by atoms with Crippen molar-refractivity contribution in [1.82, 2.24) is 4.98 Å². The maximum absolute atomic E-state index is 11.3. The molecule has 1 aromatic heterocycles. The van der Waals surface area contributed by atoms with Crippen molar-refractivity contribution in [3.05, 3.63) is 22.5 Å². The second kappa shape index (κ2) is 13.2. The summed E-state index contributed by atoms with van der Waals surface area (Å²) in [5.41, 5.74) is 1.08. The molecule has 0 unspecified atom stereocenters. The Morgan fingerprint density at radius 3 is 1.68 bits per heavy atom. The Balaban J connectivity index is 2.10. The molecule has 0 aliphatic carbocycles. The molecule has 0 spiro atoms. The summed E-state index contributed by atoms with van der Waals surface area (Å²) in [5, 5.41) is 0. The lowest BCUT2D eigenvalue weighted by Gasteiger charge is -2.30. The van der Waals surface area contributed by atoms with Crippen LogP contribution in [0.3, 0.4) is 0 Å². The third-order valence-electron chi connectivity index (χ3n) is 5.95. The molecule has 0 aliphatic rings. The van der Waals surface area contributed by atoms with E-state index in [0.717, 1.165) is 25.0 Å². The molecule has 1 heterocycles. The Morgan fingerprint density at radius 1 is 0.800 bits per heavy atom. The first-order valence-electron chi connectivity index (χ1n) is 10.9. The van der Waals surface area contributed by atoms with E-state index in [1.165, 1.54) is 77.0 Å². The van der Waals surface area contributed by atoms with E-state index in [2.05, 4.69) is 25.8 Å². The molecule has 1 rings (SSSR count). The van der Waals surface area contributed by atoms with Gasteiger partial charge >= 0.3 is 5.76 Å². The maximum atomic E-state index is 11.3. The molecule has 0 radical (unpaired) electrons. The normalized spacial score (nSPS) is 12.0. The number of unbranched alkanes of at least 4 members (excludes halogenated alkanes) is 11. The van der Waals surface area contributed by atoms with Crippen LogP contribution < -0.4 is 5.76 Å². The minimum absolute atomic E-state index is 0.0879. The van der Waals surface area contributed by atoms with E-state index in [0.29, 0.717) is 0 Å². The van der Waals surface area contributed by atoms with Crippen molar-refractivity contribution in [2.24, 2.45) is 0 Å². The van der Waals surface area contributed by atoms with Gasteiger partial charge in [-0.3, -0.25) is 4.98 Å². The second-order valence-corrected chi connectivity index (χ2v) is 7.69. The van der Waals surface area contributed by atoms with Crippen LogP contribution in [-0.2, 0) is 5.41 Å². The summed E-state index contributed by atoms with van der Waals surface area (Å²) >= 11 is 0. The van der Waals surface area contributed by atoms with Gasteiger partial charge in [0.1, 0.15) is 6.26 Å². The molecule has 0 saturated carbocycles. The molecule has 146 valence electrons. The van der Waals surface area contributed by atoms with E-state index >= 15 is 0 Å². The van der Waals surface area contributed by atoms with Gasteiger partial charge in [0.2, 0.25) is 0 Å². The van der Waals surface area contributed by atoms with Gasteiger partial charge in [-0.25, -0.2) is 4.79 Å². The Labute approximate surface area is 155 Å². The zero-order chi connectivity index (χ0) is 18.4. The number of hydrogen-bond acceptors (Lipinski definition) is 2. The fraction of sp³-hybridized carbons (Fsp3) is 0.864. The van der Waals surface area contributed by atoms with Crippen molar-refractivity contribution in [3.8, 4) is 0 Å². The lowest BCUT2D eigenvalue weighted by atomic mass is 9.75. The molecular weight excluding hydrogens is 310 g/mol. The number of aromatic nitrogens is 1. The van der Waals surface area contributed by atoms with Crippen molar-refractivity contribution in [3.63, 3.8) is 0 Å². The van der Waals surface area contributed by atoms with Crippen molar-refractivity contribution < 1.29 is 4.42 Å². The van der Waals surface area contributed by atoms with E-state index in [1.807, 2.05) is 0 Å². The van der Waals surface area contributed by atoms with E-state index < -0.39 is 0 Å². The molecule has 0 atom stereocenters. The molecule has 0 amide bonds. The van der Waals surface area contributed by atoms with Crippen molar-refractivity contribution in [1.29, 1.82) is 0 Å². The maximum Gasteiger partial charge on any atom is 0.416 e. The van der Waals surface area contributed by atoms with Crippen molar-refractivity contribution in [2.45, 2.75) is 122 Å². The first-order valence-corrected chi connectivity index (χ1v) is 10.9. The Hall–Kier alpha value is -0.990. The summed E-state index contributed by atoms with van der Waals surface area (Å²) in [7, 11) is 0. The fourth-order valence-corrected chi connectivity index (χ4v) is 3.96. The van der Waals surface area contributed by atoms with Gasteiger partial charge in [-0.05, 0) is 19.3 Å². The van der Waals surface area contributed by atoms with Crippen molar-refractivity contribution >= 4 is 0 Å². The molecule has 3 heteroatoms. The molecule has 0 aromatic carbocycles. The number of H-pyrrole nitrogens is 1. The topological polar surface area (TPSA) is 46.0 Å². The highest BCUT2D eigenvalue weighted by Crippen LogP contribution is 2.35. The van der Waals surface area contributed by atoms with Crippen LogP contribution in [0.4, 0.5) is 0 Å². The third kappa shape index (κ3) is 8.29. The number of hydrogen-bond donors (Lipinski definition) is 1. The molecule has 0 bridgehead atoms. The average molecular weight is 352 g/mol. The highest BCUT2D eigenvalue weighted by molar-refractivity contribution is 5.11. The predicted octanol–water partition coefficient (Wildman–Crippen LogP) is 7.12. The van der Waals surface area contributed by atoms with E-state index in [1.54, 1.807) is 6.26 Å². The van der Waals surface area contributed by atoms with Gasteiger partial charge in [0.15, 0.2) is 0 Å². The quantitative estimate of drug-likeness (QED) is 0.322. The molecule has 25 heavy (non-hydrogen) atoms. The summed E-state index contributed by atoms with van der Waals surface area (Å²) in [6, 6.07) is 0. The summed E-state index contributed by atoms with van der Waals surface area (Å²) in [5.74, 6) is -0.323. The Bertz CT molecular complexity index is 470. The van der Waals surface area contributed by atoms with Crippen LogP contribution in [0.5, 0.6) is 0 Å². The van der Waals surface area contributed by atoms with Crippen LogP contribution in [-0.4, -0.2) is 4.98 Å². The zero-order valence-corrected chi connectivity index (χ0v) is 17.0. The van der Waals surface area contributed by atoms with E-state index in [9.17, 15) is 4.79 Å². The first kappa shape index (κ1) is 22.1. The molecule has 1 aromatic rings. The SMILES string of the molecule is CCCCCCCCCCCCCCC(CC)(CC)c1coc(=O)[nH]1. The number of oxazole rings is 1. The van der Waals surface area contributed by atoms with Gasteiger partial charge in [-0.1, -0.05) is 97.8 Å². The highest BCUT2D eigenvalue weighted by Gasteiger charge is 2.30. The predicted molar refractivity (Wildman–Crippen MR) is 107 cm³/mol. The lowest BCUT2D eigenvalue weighted by Crippen LogP contribution is -2.25. The van der Waals surface area contributed by atoms with Crippen LogP contribution >= 0.6 is 0 Å². The van der Waals surface area contributed by atoms with Crippen molar-refractivity contribution in [2.75, 3.05) is 0 Å². The Morgan fingerprint density at radius 2 is 1.28 bits per heavy atom. The number of nitrogens with one attached hydrogen (secondary N) is 1. The van der Waals surface area contributed by atoms with Crippen LogP contribution in [0.25, 0.3) is 0 Å². The molecule has 0 fully saturated rings. The molecule has 0 aliphatic heterocycles. The number of rotatable bonds is 16. The summed E-state index contributed by atoms with van der Waals surface area (Å²) in [6.45, 7) is 6.71. The third-order valence-corrected chi connectivity index (χ3v) is 5.95. The van der Waals surface area contributed by atoms with Crippen LogP contribution in [0, 0.1) is 0 Å². The van der Waals surface area contributed by atoms with Gasteiger partial charge in [-0.15, -0.1) is 0 Å². The van der Waals surface area contributed by atoms with E-state index in [4.69, 9.17) is 4.42 Å². The smallest absolute Gasteiger partial charge is 0.416 e. The second-order valence-electron chi connectivity index (χ2n) is 7.69.